The van der Waals surface area contributed by atoms with Crippen LogP contribution in [-0.4, -0.2) is 21.9 Å². The molecule has 1 aromatic heterocycles. The van der Waals surface area contributed by atoms with Crippen molar-refractivity contribution in [2.45, 2.75) is 6.29 Å². The molecule has 8 heteroatoms. The molecule has 3 rings (SSSR count). The van der Waals surface area contributed by atoms with E-state index in [0.717, 1.165) is 0 Å². The Morgan fingerprint density at radius 2 is 1.95 bits per heavy atom. The minimum atomic E-state index is -3.72. The number of hydrogen-bond donors (Lipinski definition) is 1. The van der Waals surface area contributed by atoms with E-state index < -0.39 is 12.3 Å². The van der Waals surface area contributed by atoms with Gasteiger partial charge in [-0.25, -0.2) is 4.79 Å². The third-order valence-electron chi connectivity index (χ3n) is 2.67. The number of ether oxygens (including phenoxy) is 2. The number of aromatic nitrogens is 1. The number of nitrogens with zero attached hydrogens (tertiary/aromatic N) is 1. The molecule has 2 aromatic rings. The molecular formula is C12H6ClF2NO4. The smallest absolute Gasteiger partial charge is 0.477 e. The Morgan fingerprint density at radius 1 is 1.25 bits per heavy atom. The molecule has 0 fully saturated rings. The molecule has 0 bridgehead atoms. The third kappa shape index (κ3) is 2.05. The summed E-state index contributed by atoms with van der Waals surface area (Å²) >= 11 is 5.76. The van der Waals surface area contributed by atoms with Crippen LogP contribution in [-0.2, 0) is 0 Å². The van der Waals surface area contributed by atoms with Gasteiger partial charge in [-0.2, -0.15) is 0 Å². The molecule has 5 nitrogen and oxygen atoms in total. The summed E-state index contributed by atoms with van der Waals surface area (Å²) in [6.45, 7) is 0. The summed E-state index contributed by atoms with van der Waals surface area (Å²) in [6.07, 6.45) is -2.36. The number of carboxylic acids is 1. The van der Waals surface area contributed by atoms with Crippen LogP contribution >= 0.6 is 11.6 Å². The summed E-state index contributed by atoms with van der Waals surface area (Å²) in [4.78, 5) is 11.1. The minimum Gasteiger partial charge on any atom is -0.477 e. The van der Waals surface area contributed by atoms with Crippen molar-refractivity contribution in [2.75, 3.05) is 0 Å². The predicted octanol–water partition coefficient (Wildman–Crippen LogP) is 3.15. The van der Waals surface area contributed by atoms with E-state index in [2.05, 4.69) is 9.47 Å². The molecule has 104 valence electrons. The molecule has 0 amide bonds. The van der Waals surface area contributed by atoms with Crippen molar-refractivity contribution in [3.05, 3.63) is 41.2 Å². The van der Waals surface area contributed by atoms with E-state index in [0.29, 0.717) is 5.69 Å². The summed E-state index contributed by atoms with van der Waals surface area (Å²) in [5.41, 5.74) is 0.218. The molecule has 20 heavy (non-hydrogen) atoms. The number of fused-ring (bicyclic) bond motifs is 1. The first kappa shape index (κ1) is 12.7. The lowest BCUT2D eigenvalue weighted by Gasteiger charge is -2.06. The summed E-state index contributed by atoms with van der Waals surface area (Å²) in [5.74, 6) is -1.48. The van der Waals surface area contributed by atoms with Gasteiger partial charge in [-0.3, -0.25) is 0 Å². The molecule has 1 aliphatic rings. The van der Waals surface area contributed by atoms with Crippen molar-refractivity contribution in [1.29, 1.82) is 0 Å². The maximum absolute atomic E-state index is 12.9. The van der Waals surface area contributed by atoms with Crippen LogP contribution in [0.2, 0.25) is 5.02 Å². The summed E-state index contributed by atoms with van der Waals surface area (Å²) in [7, 11) is 0. The Labute approximate surface area is 115 Å². The number of carbonyl (C=O) groups is 1. The van der Waals surface area contributed by atoms with Crippen molar-refractivity contribution in [2.24, 2.45) is 0 Å². The largest absolute Gasteiger partial charge is 0.586 e. The van der Waals surface area contributed by atoms with Gasteiger partial charge in [-0.15, -0.1) is 8.78 Å². The van der Waals surface area contributed by atoms with Gasteiger partial charge in [0.05, 0.1) is 5.02 Å². The average molecular weight is 302 g/mol. The Balaban J connectivity index is 2.08. The Kier molecular flexibility index (Phi) is 2.62. The molecule has 0 radical (unpaired) electrons. The van der Waals surface area contributed by atoms with E-state index in [1.54, 1.807) is 0 Å². The van der Waals surface area contributed by atoms with Gasteiger partial charge >= 0.3 is 12.3 Å². The molecule has 0 saturated carbocycles. The second-order valence-corrected chi connectivity index (χ2v) is 4.45. The SMILES string of the molecule is O=C(O)c1cc(Cl)cn1-c1ccc2c(c1)OC(F)(F)O2. The molecule has 0 aliphatic carbocycles. The summed E-state index contributed by atoms with van der Waals surface area (Å²) in [5, 5.41) is 9.27. The van der Waals surface area contributed by atoms with Crippen LogP contribution in [0.4, 0.5) is 8.78 Å². The Bertz CT molecular complexity index is 713. The second kappa shape index (κ2) is 4.11. The number of benzene rings is 1. The molecule has 2 heterocycles. The minimum absolute atomic E-state index is 0.0966. The molecule has 1 aliphatic heterocycles. The zero-order chi connectivity index (χ0) is 14.5. The number of hydrogen-bond acceptors (Lipinski definition) is 3. The van der Waals surface area contributed by atoms with Crippen molar-refractivity contribution < 1.29 is 28.2 Å². The monoisotopic (exact) mass is 301 g/mol. The quantitative estimate of drug-likeness (QED) is 0.925. The number of alkyl halides is 2. The van der Waals surface area contributed by atoms with Crippen molar-refractivity contribution in [1.82, 2.24) is 4.57 Å². The van der Waals surface area contributed by atoms with Crippen LogP contribution < -0.4 is 9.47 Å². The second-order valence-electron chi connectivity index (χ2n) is 4.02. The number of rotatable bonds is 2. The first-order valence-electron chi connectivity index (χ1n) is 5.37. The van der Waals surface area contributed by atoms with Crippen LogP contribution in [0.3, 0.4) is 0 Å². The van der Waals surface area contributed by atoms with Gasteiger partial charge in [0.15, 0.2) is 11.5 Å². The number of aromatic carboxylic acids is 1. The van der Waals surface area contributed by atoms with Crippen molar-refractivity contribution in [3.8, 4) is 17.2 Å². The van der Waals surface area contributed by atoms with Crippen LogP contribution in [0.5, 0.6) is 11.5 Å². The third-order valence-corrected chi connectivity index (χ3v) is 2.88. The standard InChI is InChI=1S/C12H6ClF2NO4/c13-6-3-8(11(17)18)16(5-6)7-1-2-9-10(4-7)20-12(14,15)19-9/h1-5H,(H,17,18). The van der Waals surface area contributed by atoms with Gasteiger partial charge < -0.3 is 19.1 Å². The molecular weight excluding hydrogens is 296 g/mol. The van der Waals surface area contributed by atoms with Gasteiger partial charge in [-0.1, -0.05) is 11.6 Å². The van der Waals surface area contributed by atoms with Crippen molar-refractivity contribution >= 4 is 17.6 Å². The normalized spacial score (nSPS) is 15.3. The maximum atomic E-state index is 12.9. The Morgan fingerprint density at radius 3 is 2.65 bits per heavy atom. The zero-order valence-electron chi connectivity index (χ0n) is 9.64. The lowest BCUT2D eigenvalue weighted by molar-refractivity contribution is -0.286. The van der Waals surface area contributed by atoms with Gasteiger partial charge in [0.25, 0.3) is 0 Å². The number of carboxylic acid groups (broad SMARTS) is 1. The number of halogens is 3. The van der Waals surface area contributed by atoms with Crippen molar-refractivity contribution in [3.63, 3.8) is 0 Å². The fourth-order valence-corrected chi connectivity index (χ4v) is 2.10. The van der Waals surface area contributed by atoms with Gasteiger partial charge in [0, 0.05) is 18.0 Å². The molecule has 1 aromatic carbocycles. The molecule has 1 N–H and O–H groups in total. The van der Waals surface area contributed by atoms with E-state index in [1.165, 1.54) is 35.0 Å². The highest BCUT2D eigenvalue weighted by molar-refractivity contribution is 6.31. The van der Waals surface area contributed by atoms with E-state index in [-0.39, 0.29) is 22.2 Å². The van der Waals surface area contributed by atoms with Gasteiger partial charge in [-0.05, 0) is 18.2 Å². The molecule has 0 spiro atoms. The van der Waals surface area contributed by atoms with Crippen LogP contribution in [0, 0.1) is 0 Å². The van der Waals surface area contributed by atoms with E-state index in [4.69, 9.17) is 16.7 Å². The Hall–Kier alpha value is -2.28. The van der Waals surface area contributed by atoms with E-state index in [1.807, 2.05) is 0 Å². The lowest BCUT2D eigenvalue weighted by atomic mass is 10.2. The topological polar surface area (TPSA) is 60.7 Å². The molecule has 0 unspecified atom stereocenters. The fourth-order valence-electron chi connectivity index (χ4n) is 1.90. The average Bonchev–Trinajstić information content (AvgIpc) is 2.86. The highest BCUT2D eigenvalue weighted by atomic mass is 35.5. The van der Waals surface area contributed by atoms with Crippen LogP contribution in [0.15, 0.2) is 30.5 Å². The molecule has 0 saturated heterocycles. The van der Waals surface area contributed by atoms with Crippen LogP contribution in [0.25, 0.3) is 5.69 Å². The van der Waals surface area contributed by atoms with Gasteiger partial charge in [0.2, 0.25) is 0 Å². The van der Waals surface area contributed by atoms with E-state index >= 15 is 0 Å². The maximum Gasteiger partial charge on any atom is 0.586 e. The lowest BCUT2D eigenvalue weighted by Crippen LogP contribution is -2.25. The van der Waals surface area contributed by atoms with Gasteiger partial charge in [0.1, 0.15) is 5.69 Å². The highest BCUT2D eigenvalue weighted by Gasteiger charge is 2.43. The van der Waals surface area contributed by atoms with Crippen LogP contribution in [0.1, 0.15) is 10.5 Å². The van der Waals surface area contributed by atoms with E-state index in [9.17, 15) is 13.6 Å². The predicted molar refractivity (Wildman–Crippen MR) is 63.9 cm³/mol. The molecule has 0 atom stereocenters. The highest BCUT2D eigenvalue weighted by Crippen LogP contribution is 2.42. The zero-order valence-corrected chi connectivity index (χ0v) is 10.4. The first-order valence-corrected chi connectivity index (χ1v) is 5.75. The fraction of sp³-hybridized carbons (Fsp3) is 0.0833. The summed E-state index contributed by atoms with van der Waals surface area (Å²) in [6, 6.07) is 5.19. The first-order chi connectivity index (χ1) is 9.35. The summed E-state index contributed by atoms with van der Waals surface area (Å²) < 4.78 is 35.7.